The monoisotopic (exact) mass is 267 g/mol. The molecule has 5 N–H and O–H groups in total. The molecule has 5 heteroatoms. The zero-order chi connectivity index (χ0) is 12.4. The van der Waals surface area contributed by atoms with E-state index >= 15 is 0 Å². The molecule has 1 unspecified atom stereocenters. The van der Waals surface area contributed by atoms with Crippen molar-refractivity contribution in [2.75, 3.05) is 5.73 Å². The summed E-state index contributed by atoms with van der Waals surface area (Å²) in [5, 5.41) is 0.629. The van der Waals surface area contributed by atoms with Crippen molar-refractivity contribution in [3.05, 3.63) is 50.7 Å². The lowest BCUT2D eigenvalue weighted by atomic mass is 10.0. The smallest absolute Gasteiger partial charge is 0.0822 e. The molecule has 0 saturated carbocycles. The number of nitrogens with one attached hydrogen (secondary N) is 1. The standard InChI is InChI=1S/C12H14ClN3S/c1-7-2-5-11(17-7)12(16-15)9-4-3-8(13)6-10(9)14/h2-6,12,16H,14-15H2,1H3. The summed E-state index contributed by atoms with van der Waals surface area (Å²) in [5.74, 6) is 5.62. The highest BCUT2D eigenvalue weighted by Gasteiger charge is 2.16. The van der Waals surface area contributed by atoms with Crippen molar-refractivity contribution in [2.45, 2.75) is 13.0 Å². The first kappa shape index (κ1) is 12.4. The number of aryl methyl sites for hydroxylation is 1. The highest BCUT2D eigenvalue weighted by Crippen LogP contribution is 2.31. The van der Waals surface area contributed by atoms with E-state index in [9.17, 15) is 0 Å². The Morgan fingerprint density at radius 1 is 1.29 bits per heavy atom. The van der Waals surface area contributed by atoms with Crippen molar-refractivity contribution in [1.29, 1.82) is 0 Å². The van der Waals surface area contributed by atoms with Gasteiger partial charge < -0.3 is 5.73 Å². The number of hydrazine groups is 1. The lowest BCUT2D eigenvalue weighted by molar-refractivity contribution is 0.648. The van der Waals surface area contributed by atoms with Crippen LogP contribution in [0.1, 0.15) is 21.4 Å². The van der Waals surface area contributed by atoms with Gasteiger partial charge in [0.05, 0.1) is 6.04 Å². The minimum atomic E-state index is -0.0917. The van der Waals surface area contributed by atoms with Gasteiger partial charge in [-0.05, 0) is 36.8 Å². The number of rotatable bonds is 3. The lowest BCUT2D eigenvalue weighted by Crippen LogP contribution is -2.28. The summed E-state index contributed by atoms with van der Waals surface area (Å²) in [6.45, 7) is 2.06. The predicted molar refractivity (Wildman–Crippen MR) is 74.1 cm³/mol. The second-order valence-corrected chi connectivity index (χ2v) is 5.58. The van der Waals surface area contributed by atoms with Gasteiger partial charge in [-0.1, -0.05) is 17.7 Å². The summed E-state index contributed by atoms with van der Waals surface area (Å²) in [5.41, 5.74) is 10.4. The fourth-order valence-electron chi connectivity index (χ4n) is 1.74. The Kier molecular flexibility index (Phi) is 3.69. The van der Waals surface area contributed by atoms with E-state index in [1.165, 1.54) is 4.88 Å². The average molecular weight is 268 g/mol. The first-order chi connectivity index (χ1) is 8.11. The second-order valence-electron chi connectivity index (χ2n) is 3.82. The number of nitrogens with two attached hydrogens (primary N) is 2. The molecule has 90 valence electrons. The highest BCUT2D eigenvalue weighted by atomic mass is 35.5. The molecular weight excluding hydrogens is 254 g/mol. The van der Waals surface area contributed by atoms with Crippen molar-refractivity contribution in [1.82, 2.24) is 5.43 Å². The molecule has 17 heavy (non-hydrogen) atoms. The van der Waals surface area contributed by atoms with Crippen molar-refractivity contribution in [2.24, 2.45) is 5.84 Å². The Morgan fingerprint density at radius 2 is 2.06 bits per heavy atom. The van der Waals surface area contributed by atoms with Gasteiger partial charge in [0.2, 0.25) is 0 Å². The molecule has 0 aliphatic rings. The third-order valence-electron chi connectivity index (χ3n) is 2.57. The van der Waals surface area contributed by atoms with Gasteiger partial charge in [-0.2, -0.15) is 0 Å². The maximum atomic E-state index is 5.97. The number of benzene rings is 1. The van der Waals surface area contributed by atoms with Crippen LogP contribution in [-0.2, 0) is 0 Å². The van der Waals surface area contributed by atoms with Crippen molar-refractivity contribution in [3.8, 4) is 0 Å². The molecule has 0 saturated heterocycles. The van der Waals surface area contributed by atoms with E-state index in [-0.39, 0.29) is 6.04 Å². The number of hydrogen-bond acceptors (Lipinski definition) is 4. The fraction of sp³-hybridized carbons (Fsp3) is 0.167. The third kappa shape index (κ3) is 2.61. The van der Waals surface area contributed by atoms with E-state index in [2.05, 4.69) is 24.5 Å². The van der Waals surface area contributed by atoms with Crippen LogP contribution in [0, 0.1) is 6.92 Å². The van der Waals surface area contributed by atoms with Crippen LogP contribution in [0.2, 0.25) is 5.02 Å². The van der Waals surface area contributed by atoms with E-state index in [1.807, 2.05) is 12.1 Å². The lowest BCUT2D eigenvalue weighted by Gasteiger charge is -2.17. The minimum Gasteiger partial charge on any atom is -0.398 e. The molecule has 1 aromatic carbocycles. The fourth-order valence-corrected chi connectivity index (χ4v) is 2.88. The normalized spacial score (nSPS) is 12.6. The van der Waals surface area contributed by atoms with E-state index in [1.54, 1.807) is 17.4 Å². The summed E-state index contributed by atoms with van der Waals surface area (Å²) < 4.78 is 0. The van der Waals surface area contributed by atoms with Gasteiger partial charge in [0, 0.05) is 20.5 Å². The Balaban J connectivity index is 2.42. The van der Waals surface area contributed by atoms with Crippen LogP contribution in [0.5, 0.6) is 0 Å². The molecule has 0 aliphatic carbocycles. The maximum Gasteiger partial charge on any atom is 0.0822 e. The van der Waals surface area contributed by atoms with Gasteiger partial charge in [0.15, 0.2) is 0 Å². The number of nitrogen functional groups attached to an aromatic ring is 1. The summed E-state index contributed by atoms with van der Waals surface area (Å²) in [6.07, 6.45) is 0. The molecule has 0 amide bonds. The molecule has 2 aromatic rings. The molecular formula is C12H14ClN3S. The number of hydrogen-bond donors (Lipinski definition) is 3. The van der Waals surface area contributed by atoms with Crippen LogP contribution >= 0.6 is 22.9 Å². The van der Waals surface area contributed by atoms with Crippen LogP contribution in [0.15, 0.2) is 30.3 Å². The maximum absolute atomic E-state index is 5.97. The molecule has 3 nitrogen and oxygen atoms in total. The van der Waals surface area contributed by atoms with Gasteiger partial charge in [-0.3, -0.25) is 5.84 Å². The van der Waals surface area contributed by atoms with Crippen molar-refractivity contribution < 1.29 is 0 Å². The average Bonchev–Trinajstić information content (AvgIpc) is 2.69. The van der Waals surface area contributed by atoms with Gasteiger partial charge in [0.1, 0.15) is 0 Å². The molecule has 1 heterocycles. The quantitative estimate of drug-likeness (QED) is 0.455. The zero-order valence-corrected chi connectivity index (χ0v) is 11.0. The Bertz CT molecular complexity index is 524. The van der Waals surface area contributed by atoms with E-state index in [4.69, 9.17) is 23.2 Å². The van der Waals surface area contributed by atoms with Gasteiger partial charge >= 0.3 is 0 Å². The van der Waals surface area contributed by atoms with Gasteiger partial charge in [0.25, 0.3) is 0 Å². The largest absolute Gasteiger partial charge is 0.398 e. The van der Waals surface area contributed by atoms with Crippen LogP contribution in [0.4, 0.5) is 5.69 Å². The summed E-state index contributed by atoms with van der Waals surface area (Å²) in [4.78, 5) is 2.38. The molecule has 0 spiro atoms. The van der Waals surface area contributed by atoms with Crippen molar-refractivity contribution in [3.63, 3.8) is 0 Å². The summed E-state index contributed by atoms with van der Waals surface area (Å²) in [7, 11) is 0. The predicted octanol–water partition coefficient (Wildman–Crippen LogP) is 2.84. The topological polar surface area (TPSA) is 64.1 Å². The van der Waals surface area contributed by atoms with Crippen LogP contribution < -0.4 is 17.0 Å². The van der Waals surface area contributed by atoms with Crippen LogP contribution in [-0.4, -0.2) is 0 Å². The number of thiophene rings is 1. The van der Waals surface area contributed by atoms with Gasteiger partial charge in [-0.15, -0.1) is 11.3 Å². The summed E-state index contributed by atoms with van der Waals surface area (Å²) in [6, 6.07) is 9.48. The Labute approximate surface area is 109 Å². The second kappa shape index (κ2) is 5.06. The van der Waals surface area contributed by atoms with Crippen molar-refractivity contribution >= 4 is 28.6 Å². The molecule has 1 atom stereocenters. The highest BCUT2D eigenvalue weighted by molar-refractivity contribution is 7.12. The molecule has 1 aromatic heterocycles. The minimum absolute atomic E-state index is 0.0917. The Morgan fingerprint density at radius 3 is 2.59 bits per heavy atom. The molecule has 0 bridgehead atoms. The van der Waals surface area contributed by atoms with Gasteiger partial charge in [-0.25, -0.2) is 5.43 Å². The van der Waals surface area contributed by atoms with Crippen LogP contribution in [0.3, 0.4) is 0 Å². The first-order valence-corrected chi connectivity index (χ1v) is 6.38. The van der Waals surface area contributed by atoms with E-state index in [0.717, 1.165) is 10.4 Å². The molecule has 0 fully saturated rings. The first-order valence-electron chi connectivity index (χ1n) is 5.19. The zero-order valence-electron chi connectivity index (χ0n) is 9.41. The SMILES string of the molecule is Cc1ccc(C(NN)c2ccc(Cl)cc2N)s1. The summed E-state index contributed by atoms with van der Waals surface area (Å²) >= 11 is 7.58. The van der Waals surface area contributed by atoms with E-state index in [0.29, 0.717) is 10.7 Å². The van der Waals surface area contributed by atoms with Crippen LogP contribution in [0.25, 0.3) is 0 Å². The third-order valence-corrected chi connectivity index (χ3v) is 3.87. The molecule has 0 radical (unpaired) electrons. The number of anilines is 1. The van der Waals surface area contributed by atoms with E-state index < -0.39 is 0 Å². The molecule has 0 aliphatic heterocycles. The number of halogens is 1. The molecule has 2 rings (SSSR count). The Hall–Kier alpha value is -1.07.